The number of aryl methyl sites for hydroxylation is 1. The summed E-state index contributed by atoms with van der Waals surface area (Å²) in [5, 5.41) is 1.23. The standard InChI is InChI=1S/C24H28N4S/c1-17-23(19-9-3-4-10-20(19)25-17)24-26-21-11-7-8-18(16-22(21)27-24)29-15-14-28-12-5-2-6-13-28/h3-4,7-10,16,25H,2,5-6,11-15H2,1H3,(H,26,27). The Morgan fingerprint density at radius 3 is 2.86 bits per heavy atom. The fraction of sp³-hybridized carbons (Fsp3) is 0.375. The Kier molecular flexibility index (Phi) is 5.34. The molecule has 2 aromatic heterocycles. The van der Waals surface area contributed by atoms with Crippen LogP contribution in [0.3, 0.4) is 0 Å². The molecule has 29 heavy (non-hydrogen) atoms. The number of thioether (sulfide) groups is 1. The van der Waals surface area contributed by atoms with Gasteiger partial charge < -0.3 is 14.9 Å². The summed E-state index contributed by atoms with van der Waals surface area (Å²) in [5.74, 6) is 2.11. The van der Waals surface area contributed by atoms with Gasteiger partial charge in [-0.1, -0.05) is 36.8 Å². The van der Waals surface area contributed by atoms with Crippen LogP contribution in [0, 0.1) is 6.92 Å². The third kappa shape index (κ3) is 3.94. The first-order valence-corrected chi connectivity index (χ1v) is 11.7. The highest BCUT2D eigenvalue weighted by Crippen LogP contribution is 2.33. The summed E-state index contributed by atoms with van der Waals surface area (Å²) in [5.41, 5.74) is 5.79. The molecule has 5 rings (SSSR count). The van der Waals surface area contributed by atoms with Crippen molar-refractivity contribution in [2.75, 3.05) is 25.4 Å². The van der Waals surface area contributed by atoms with Crippen molar-refractivity contribution in [2.24, 2.45) is 0 Å². The summed E-state index contributed by atoms with van der Waals surface area (Å²) in [7, 11) is 0. The minimum absolute atomic E-state index is 0.899. The lowest BCUT2D eigenvalue weighted by Crippen LogP contribution is -2.31. The van der Waals surface area contributed by atoms with Crippen LogP contribution in [0.1, 0.15) is 36.3 Å². The molecule has 0 saturated carbocycles. The molecule has 1 aliphatic heterocycles. The maximum Gasteiger partial charge on any atom is 0.140 e. The number of para-hydroxylation sites is 1. The summed E-state index contributed by atoms with van der Waals surface area (Å²) >= 11 is 1.95. The number of imidazole rings is 1. The highest BCUT2D eigenvalue weighted by atomic mass is 32.2. The third-order valence-electron chi connectivity index (χ3n) is 5.95. The van der Waals surface area contributed by atoms with E-state index in [9.17, 15) is 0 Å². The van der Waals surface area contributed by atoms with Crippen molar-refractivity contribution in [2.45, 2.75) is 32.6 Å². The lowest BCUT2D eigenvalue weighted by atomic mass is 10.1. The predicted molar refractivity (Wildman–Crippen MR) is 124 cm³/mol. The minimum Gasteiger partial charge on any atom is -0.358 e. The monoisotopic (exact) mass is 404 g/mol. The van der Waals surface area contributed by atoms with Gasteiger partial charge in [0, 0.05) is 51.5 Å². The lowest BCUT2D eigenvalue weighted by Gasteiger charge is -2.26. The van der Waals surface area contributed by atoms with Crippen LogP contribution in [-0.4, -0.2) is 45.2 Å². The topological polar surface area (TPSA) is 47.7 Å². The van der Waals surface area contributed by atoms with Crippen LogP contribution in [0.25, 0.3) is 28.4 Å². The molecule has 0 atom stereocenters. The molecule has 5 heteroatoms. The molecule has 3 heterocycles. The van der Waals surface area contributed by atoms with Crippen LogP contribution >= 0.6 is 11.8 Å². The van der Waals surface area contributed by atoms with Crippen molar-refractivity contribution in [1.82, 2.24) is 19.9 Å². The van der Waals surface area contributed by atoms with E-state index in [1.807, 2.05) is 11.8 Å². The first kappa shape index (κ1) is 18.8. The molecule has 1 saturated heterocycles. The van der Waals surface area contributed by atoms with E-state index in [4.69, 9.17) is 4.98 Å². The Bertz CT molecular complexity index is 1070. The second-order valence-corrected chi connectivity index (χ2v) is 9.19. The molecule has 2 N–H and O–H groups in total. The fourth-order valence-corrected chi connectivity index (χ4v) is 5.41. The van der Waals surface area contributed by atoms with Crippen molar-refractivity contribution in [1.29, 1.82) is 0 Å². The molecule has 0 bridgehead atoms. The van der Waals surface area contributed by atoms with E-state index in [0.29, 0.717) is 0 Å². The van der Waals surface area contributed by atoms with E-state index in [-0.39, 0.29) is 0 Å². The SMILES string of the molecule is Cc1[nH]c2ccccc2c1-c1nc2c([nH]1)CC=CC(SCCN1CCCCC1)=C2. The first-order valence-electron chi connectivity index (χ1n) is 10.7. The second-order valence-electron chi connectivity index (χ2n) is 8.02. The maximum absolute atomic E-state index is 5.00. The fourth-order valence-electron chi connectivity index (χ4n) is 4.44. The number of fused-ring (bicyclic) bond motifs is 2. The Morgan fingerprint density at radius 2 is 1.97 bits per heavy atom. The summed E-state index contributed by atoms with van der Waals surface area (Å²) < 4.78 is 0. The number of hydrogen-bond acceptors (Lipinski definition) is 3. The predicted octanol–water partition coefficient (Wildman–Crippen LogP) is 5.54. The summed E-state index contributed by atoms with van der Waals surface area (Å²) in [4.78, 5) is 16.0. The largest absolute Gasteiger partial charge is 0.358 e. The van der Waals surface area contributed by atoms with E-state index in [2.05, 4.69) is 64.3 Å². The van der Waals surface area contributed by atoms with E-state index < -0.39 is 0 Å². The van der Waals surface area contributed by atoms with Crippen LogP contribution in [-0.2, 0) is 6.42 Å². The molecular formula is C24H28N4S. The number of likely N-dealkylation sites (tertiary alicyclic amines) is 1. The van der Waals surface area contributed by atoms with Gasteiger partial charge in [-0.25, -0.2) is 4.98 Å². The van der Waals surface area contributed by atoms with Gasteiger partial charge in [-0.2, -0.15) is 0 Å². The number of aromatic nitrogens is 3. The Hall–Kier alpha value is -2.24. The maximum atomic E-state index is 5.00. The number of H-pyrrole nitrogens is 2. The zero-order chi connectivity index (χ0) is 19.6. The summed E-state index contributed by atoms with van der Waals surface area (Å²) in [6, 6.07) is 8.45. The van der Waals surface area contributed by atoms with Gasteiger partial charge in [-0.3, -0.25) is 0 Å². The average molecular weight is 405 g/mol. The third-order valence-corrected chi connectivity index (χ3v) is 6.92. The van der Waals surface area contributed by atoms with E-state index in [1.165, 1.54) is 60.4 Å². The number of aromatic amines is 2. The lowest BCUT2D eigenvalue weighted by molar-refractivity contribution is 0.242. The molecule has 1 fully saturated rings. The van der Waals surface area contributed by atoms with Crippen LogP contribution in [0.2, 0.25) is 0 Å². The average Bonchev–Trinajstić information content (AvgIpc) is 3.22. The second kappa shape index (κ2) is 8.25. The van der Waals surface area contributed by atoms with Crippen molar-refractivity contribution >= 4 is 28.7 Å². The highest BCUT2D eigenvalue weighted by Gasteiger charge is 2.17. The quantitative estimate of drug-likeness (QED) is 0.587. The van der Waals surface area contributed by atoms with Crippen molar-refractivity contribution in [3.63, 3.8) is 0 Å². The van der Waals surface area contributed by atoms with Crippen LogP contribution in [0.15, 0.2) is 41.3 Å². The number of nitrogens with one attached hydrogen (secondary N) is 2. The normalized spacial score (nSPS) is 17.3. The van der Waals surface area contributed by atoms with Gasteiger partial charge in [0.05, 0.1) is 5.69 Å². The molecule has 2 aliphatic rings. The Morgan fingerprint density at radius 1 is 1.10 bits per heavy atom. The number of rotatable bonds is 5. The van der Waals surface area contributed by atoms with Gasteiger partial charge >= 0.3 is 0 Å². The summed E-state index contributed by atoms with van der Waals surface area (Å²) in [6.07, 6.45) is 11.8. The minimum atomic E-state index is 0.899. The van der Waals surface area contributed by atoms with Crippen molar-refractivity contribution < 1.29 is 0 Å². The van der Waals surface area contributed by atoms with Gasteiger partial charge in [0.25, 0.3) is 0 Å². The number of hydrogen-bond donors (Lipinski definition) is 2. The zero-order valence-electron chi connectivity index (χ0n) is 17.0. The number of allylic oxidation sites excluding steroid dienone is 2. The van der Waals surface area contributed by atoms with E-state index in [1.54, 1.807) is 0 Å². The smallest absolute Gasteiger partial charge is 0.140 e. The van der Waals surface area contributed by atoms with E-state index in [0.717, 1.165) is 34.9 Å². The molecule has 4 nitrogen and oxygen atoms in total. The van der Waals surface area contributed by atoms with Gasteiger partial charge in [-0.15, -0.1) is 11.8 Å². The molecule has 1 aromatic carbocycles. The van der Waals surface area contributed by atoms with Crippen LogP contribution in [0.4, 0.5) is 0 Å². The van der Waals surface area contributed by atoms with Crippen LogP contribution < -0.4 is 0 Å². The highest BCUT2D eigenvalue weighted by molar-refractivity contribution is 8.03. The molecule has 0 amide bonds. The van der Waals surface area contributed by atoms with Crippen molar-refractivity contribution in [3.8, 4) is 11.4 Å². The van der Waals surface area contributed by atoms with E-state index >= 15 is 0 Å². The van der Waals surface area contributed by atoms with Gasteiger partial charge in [0.1, 0.15) is 5.82 Å². The van der Waals surface area contributed by atoms with Crippen LogP contribution in [0.5, 0.6) is 0 Å². The van der Waals surface area contributed by atoms with Gasteiger partial charge in [0.2, 0.25) is 0 Å². The first-order chi connectivity index (χ1) is 14.3. The van der Waals surface area contributed by atoms with Gasteiger partial charge in [-0.05, 0) is 45.0 Å². The summed E-state index contributed by atoms with van der Waals surface area (Å²) in [6.45, 7) is 5.85. The molecule has 0 spiro atoms. The Balaban J connectivity index is 1.36. The van der Waals surface area contributed by atoms with Crippen molar-refractivity contribution in [3.05, 3.63) is 58.4 Å². The molecule has 150 valence electrons. The number of benzene rings is 1. The zero-order valence-corrected chi connectivity index (χ0v) is 17.8. The number of nitrogens with zero attached hydrogens (tertiary/aromatic N) is 2. The molecule has 0 radical (unpaired) electrons. The van der Waals surface area contributed by atoms with Gasteiger partial charge in [0.15, 0.2) is 0 Å². The molecule has 3 aromatic rings. The molecular weight excluding hydrogens is 376 g/mol. The molecule has 1 aliphatic carbocycles. The number of piperidine rings is 1. The Labute approximate surface area is 176 Å². The molecule has 0 unspecified atom stereocenters.